The van der Waals surface area contributed by atoms with Crippen molar-refractivity contribution < 1.29 is 72.4 Å². The van der Waals surface area contributed by atoms with Crippen molar-refractivity contribution in [2.45, 2.75) is 265 Å². The van der Waals surface area contributed by atoms with Crippen molar-refractivity contribution in [3.8, 4) is 0 Å². The Morgan fingerprint density at radius 1 is 0.529 bits per heavy atom. The van der Waals surface area contributed by atoms with Crippen LogP contribution in [0.2, 0.25) is 0 Å². The van der Waals surface area contributed by atoms with Crippen molar-refractivity contribution >= 4 is 65.5 Å². The molecule has 5 aliphatic rings. The van der Waals surface area contributed by atoms with Crippen molar-refractivity contribution in [1.29, 1.82) is 0 Å². The van der Waals surface area contributed by atoms with Crippen LogP contribution in [0.25, 0.3) is 0 Å². The molecule has 4 heterocycles. The highest BCUT2D eigenvalue weighted by atomic mass is 16.6. The van der Waals surface area contributed by atoms with Gasteiger partial charge in [-0.05, 0) is 104 Å². The molecule has 1 saturated carbocycles. The Labute approximate surface area is 518 Å². The number of fused-ring (bicyclic) bond motifs is 1. The number of nitrogens with one attached hydrogen (secondary N) is 5. The molecule has 1 aliphatic carbocycles. The summed E-state index contributed by atoms with van der Waals surface area (Å²) >= 11 is 0. The number of hydrogen-bond acceptors (Lipinski definition) is 14. The lowest BCUT2D eigenvalue weighted by molar-refractivity contribution is -0.155. The number of ether oxygens (including phenoxy) is 2. The van der Waals surface area contributed by atoms with E-state index in [1.165, 1.54) is 14.7 Å². The SMILES string of the molecule is CC(C)(C)OC(=O)N[C@H](CO)C(C)(C)C.CC1(C)CC(=O)N(C[C@@H](NC(=O)N[C@H](C(=O)N2C[C@@H]3CCC[C@@H]3[C@H]2C(=O)O)C(C)(C)C)C(C)(C)C)C(=O)C1.CC1(C)CC(=O)N(C[C@@H](NC(=O)OC(C)(C)C)C(C)(C)C)C(=O)C1.CC1(C)CC(=O)NC(=O)C1. The van der Waals surface area contributed by atoms with Crippen molar-refractivity contribution in [2.24, 2.45) is 49.7 Å². The summed E-state index contributed by atoms with van der Waals surface area (Å²) in [6.07, 6.45) is 3.73. The van der Waals surface area contributed by atoms with Crippen LogP contribution in [0.1, 0.15) is 224 Å². The van der Waals surface area contributed by atoms with E-state index >= 15 is 0 Å². The van der Waals surface area contributed by atoms with Crippen LogP contribution in [0, 0.1) is 49.7 Å². The van der Waals surface area contributed by atoms with Gasteiger partial charge >= 0.3 is 24.2 Å². The molecule has 0 unspecified atom stereocenters. The molecule has 0 aromatic carbocycles. The first-order chi connectivity index (χ1) is 39.0. The van der Waals surface area contributed by atoms with Crippen LogP contribution in [0.3, 0.4) is 0 Å². The van der Waals surface area contributed by atoms with Crippen LogP contribution >= 0.6 is 0 Å². The predicted octanol–water partition coefficient (Wildman–Crippen LogP) is 8.47. The van der Waals surface area contributed by atoms with Crippen LogP contribution in [-0.4, -0.2) is 158 Å². The topological polar surface area (TPSA) is 317 Å². The molecular weight excluding hydrogens is 1120 g/mol. The number of nitrogens with zero attached hydrogens (tertiary/aromatic N) is 3. The minimum atomic E-state index is -1.00. The van der Waals surface area contributed by atoms with Gasteiger partial charge in [-0.1, -0.05) is 131 Å². The van der Waals surface area contributed by atoms with E-state index in [2.05, 4.69) is 26.6 Å². The van der Waals surface area contributed by atoms with Crippen molar-refractivity contribution in [2.75, 3.05) is 26.2 Å². The number of aliphatic carboxylic acids is 1. The standard InChI is InChI=1S/C28H46N4O6.C18H32N2O4.C11H23NO3.C7H11NO2/c1-26(2,3)18(15-31-19(33)12-28(7,8)13-20(31)34)29-25(38)30-22(27(4,5)6)23(35)32-14-16-10-9-11-17(16)21(32)24(36)37;1-16(2,3)12(19-15(23)24-17(4,5)6)11-20-13(21)9-18(7,8)10-14(20)22;1-10(2,3)8(7-13)12-9(14)15-11(4,5)6;1-7(2)3-5(9)8-6(10)4-7/h16-18,21-22H,9-15H2,1-8H3,(H,36,37)(H2,29,30,38);12H,9-11H2,1-8H3,(H,19,23);8,13H,7H2,1-6H3,(H,12,14);3-4H2,1-2H3,(H,8,9,10)/t16-,17-,18+,21-,22+;12-;8-;/m011./s1. The zero-order valence-electron chi connectivity index (χ0n) is 57.3. The fourth-order valence-corrected chi connectivity index (χ4v) is 10.9. The maximum Gasteiger partial charge on any atom is 0.407 e. The Morgan fingerprint density at radius 3 is 1.21 bits per heavy atom. The quantitative estimate of drug-likeness (QED) is 0.0954. The van der Waals surface area contributed by atoms with E-state index in [4.69, 9.17) is 14.6 Å². The molecule has 11 amide bonds. The Kier molecular flexibility index (Phi) is 25.9. The normalized spacial score (nSPS) is 22.6. The molecule has 23 nitrogen and oxygen atoms in total. The van der Waals surface area contributed by atoms with Crippen LogP contribution < -0.4 is 26.6 Å². The zero-order chi connectivity index (χ0) is 67.8. The number of piperidine rings is 3. The number of carbonyl (C=O) groups excluding carboxylic acids is 10. The van der Waals surface area contributed by atoms with Gasteiger partial charge in [-0.25, -0.2) is 19.2 Å². The number of carboxylic acids is 1. The van der Waals surface area contributed by atoms with E-state index in [1.807, 2.05) is 125 Å². The molecule has 5 rings (SSSR count). The second-order valence-corrected chi connectivity index (χ2v) is 33.1. The number of rotatable bonds is 11. The lowest BCUT2D eigenvalue weighted by Crippen LogP contribution is -2.62. The molecule has 0 aromatic heterocycles. The number of carboxylic acid groups (broad SMARTS) is 1. The van der Waals surface area contributed by atoms with E-state index in [-0.39, 0.29) is 114 Å². The Balaban J connectivity index is 0.000000446. The maximum atomic E-state index is 13.7. The molecule has 0 aromatic rings. The monoisotopic (exact) mass is 1230 g/mol. The molecule has 0 bridgehead atoms. The summed E-state index contributed by atoms with van der Waals surface area (Å²) in [6, 6.07) is -3.68. The number of amides is 11. The fraction of sp³-hybridized carbons (Fsp3) is 0.828. The second-order valence-electron chi connectivity index (χ2n) is 33.1. The van der Waals surface area contributed by atoms with Crippen LogP contribution in [-0.2, 0) is 47.8 Å². The van der Waals surface area contributed by atoms with Gasteiger partial charge in [0.2, 0.25) is 41.4 Å². The number of urea groups is 1. The lowest BCUT2D eigenvalue weighted by atomic mass is 9.80. The number of hydrogen-bond donors (Lipinski definition) is 7. The Bertz CT molecular complexity index is 2440. The largest absolute Gasteiger partial charge is 0.480 e. The molecule has 5 fully saturated rings. The molecule has 0 radical (unpaired) electrons. The highest BCUT2D eigenvalue weighted by Gasteiger charge is 2.52. The fourth-order valence-electron chi connectivity index (χ4n) is 10.9. The number of carbonyl (C=O) groups is 11. The molecule has 7 atom stereocenters. The van der Waals surface area contributed by atoms with Gasteiger partial charge in [0.05, 0.1) is 24.7 Å². The van der Waals surface area contributed by atoms with Gasteiger partial charge < -0.3 is 45.9 Å². The molecule has 23 heteroatoms. The lowest BCUT2D eigenvalue weighted by Gasteiger charge is -2.40. The molecule has 7 N–H and O–H groups in total. The summed E-state index contributed by atoms with van der Waals surface area (Å²) in [5.41, 5.74) is -3.65. The van der Waals surface area contributed by atoms with Crippen molar-refractivity contribution in [1.82, 2.24) is 41.3 Å². The van der Waals surface area contributed by atoms with Crippen LogP contribution in [0.15, 0.2) is 0 Å². The maximum absolute atomic E-state index is 13.7. The summed E-state index contributed by atoms with van der Waals surface area (Å²) in [6.45, 7) is 45.7. The average Bonchev–Trinajstić information content (AvgIpc) is 2.57. The second kappa shape index (κ2) is 29.2. The minimum Gasteiger partial charge on any atom is -0.480 e. The third-order valence-corrected chi connectivity index (χ3v) is 15.8. The Hall–Kier alpha value is -5.87. The van der Waals surface area contributed by atoms with Crippen molar-refractivity contribution in [3.05, 3.63) is 0 Å². The number of likely N-dealkylation sites (tertiary alicyclic amines) is 3. The molecule has 498 valence electrons. The van der Waals surface area contributed by atoms with Gasteiger partial charge in [0, 0.05) is 58.2 Å². The van der Waals surface area contributed by atoms with E-state index in [1.54, 1.807) is 41.5 Å². The number of aliphatic hydroxyl groups excluding tert-OH is 1. The highest BCUT2D eigenvalue weighted by Crippen LogP contribution is 2.43. The van der Waals surface area contributed by atoms with Crippen molar-refractivity contribution in [3.63, 3.8) is 0 Å². The summed E-state index contributed by atoms with van der Waals surface area (Å²) in [7, 11) is 0. The zero-order valence-corrected chi connectivity index (χ0v) is 57.3. The Morgan fingerprint density at radius 2 is 0.885 bits per heavy atom. The summed E-state index contributed by atoms with van der Waals surface area (Å²) in [5, 5.41) is 32.5. The highest BCUT2D eigenvalue weighted by molar-refractivity contribution is 6.00. The third-order valence-electron chi connectivity index (χ3n) is 15.8. The first-order valence-corrected chi connectivity index (χ1v) is 30.7. The summed E-state index contributed by atoms with van der Waals surface area (Å²) in [4.78, 5) is 138. The number of imide groups is 3. The predicted molar refractivity (Wildman–Crippen MR) is 330 cm³/mol. The smallest absolute Gasteiger partial charge is 0.407 e. The van der Waals surface area contributed by atoms with Gasteiger partial charge in [0.15, 0.2) is 0 Å². The molecule has 0 spiro atoms. The summed E-state index contributed by atoms with van der Waals surface area (Å²) in [5.74, 6) is -2.47. The van der Waals surface area contributed by atoms with Gasteiger partial charge in [-0.15, -0.1) is 0 Å². The van der Waals surface area contributed by atoms with Crippen LogP contribution in [0.5, 0.6) is 0 Å². The van der Waals surface area contributed by atoms with Crippen LogP contribution in [0.4, 0.5) is 14.4 Å². The first kappa shape index (κ1) is 77.2. The van der Waals surface area contributed by atoms with Gasteiger partial charge in [-0.2, -0.15) is 0 Å². The van der Waals surface area contributed by atoms with Gasteiger partial charge in [0.1, 0.15) is 23.3 Å². The number of alkyl carbamates (subject to hydrolysis) is 2. The minimum absolute atomic E-state index is 0.0371. The van der Waals surface area contributed by atoms with E-state index < -0.39 is 75.7 Å². The van der Waals surface area contributed by atoms with E-state index in [0.717, 1.165) is 19.3 Å². The average molecular weight is 1230 g/mol. The third kappa shape index (κ3) is 25.6. The van der Waals surface area contributed by atoms with Gasteiger partial charge in [0.25, 0.3) is 0 Å². The molecular formula is C64H112N8O15. The molecule has 4 aliphatic heterocycles. The first-order valence-electron chi connectivity index (χ1n) is 30.7. The van der Waals surface area contributed by atoms with E-state index in [0.29, 0.717) is 32.2 Å². The number of aliphatic hydroxyl groups is 1. The van der Waals surface area contributed by atoms with E-state index in [9.17, 15) is 57.8 Å². The summed E-state index contributed by atoms with van der Waals surface area (Å²) < 4.78 is 10.4. The molecule has 87 heavy (non-hydrogen) atoms. The van der Waals surface area contributed by atoms with Gasteiger partial charge in [-0.3, -0.25) is 48.7 Å². The molecule has 4 saturated heterocycles.